The lowest BCUT2D eigenvalue weighted by Crippen LogP contribution is -2.22. The maximum atomic E-state index is 11.9. The molecule has 6 heteroatoms. The van der Waals surface area contributed by atoms with Gasteiger partial charge in [-0.15, -0.1) is 0 Å². The molecule has 1 N–H and O–H groups in total. The van der Waals surface area contributed by atoms with E-state index in [1.807, 2.05) is 19.1 Å². The summed E-state index contributed by atoms with van der Waals surface area (Å²) in [5, 5.41) is 3.52. The molecule has 0 radical (unpaired) electrons. The van der Waals surface area contributed by atoms with Gasteiger partial charge >= 0.3 is 0 Å². The fraction of sp³-hybridized carbons (Fsp3) is 0.385. The third-order valence-electron chi connectivity index (χ3n) is 2.71. The van der Waals surface area contributed by atoms with Gasteiger partial charge < -0.3 is 5.32 Å². The topological polar surface area (TPSA) is 42.0 Å². The van der Waals surface area contributed by atoms with Crippen LogP contribution in [0.15, 0.2) is 16.6 Å². The molecule has 0 fully saturated rings. The van der Waals surface area contributed by atoms with E-state index in [0.717, 1.165) is 33.1 Å². The number of halogens is 2. The minimum absolute atomic E-state index is 0.0300. The van der Waals surface area contributed by atoms with Crippen molar-refractivity contribution in [1.82, 2.24) is 4.98 Å². The molecule has 1 aromatic carbocycles. The highest BCUT2D eigenvalue weighted by Crippen LogP contribution is 2.31. The van der Waals surface area contributed by atoms with E-state index in [2.05, 4.69) is 49.1 Å². The predicted octanol–water partition coefficient (Wildman–Crippen LogP) is 4.87. The summed E-state index contributed by atoms with van der Waals surface area (Å²) in [4.78, 5) is 16.3. The number of anilines is 1. The average molecular weight is 406 g/mol. The normalized spacial score (nSPS) is 12.6. The van der Waals surface area contributed by atoms with Gasteiger partial charge in [0.15, 0.2) is 5.13 Å². The molecule has 0 aliphatic heterocycles. The molecule has 102 valence electrons. The van der Waals surface area contributed by atoms with E-state index in [1.165, 1.54) is 11.3 Å². The van der Waals surface area contributed by atoms with Crippen LogP contribution < -0.4 is 5.32 Å². The number of carbonyl (C=O) groups is 1. The highest BCUT2D eigenvalue weighted by atomic mass is 79.9. The van der Waals surface area contributed by atoms with Gasteiger partial charge in [0.05, 0.1) is 15.0 Å². The summed E-state index contributed by atoms with van der Waals surface area (Å²) < 4.78 is 2.10. The van der Waals surface area contributed by atoms with E-state index in [-0.39, 0.29) is 10.7 Å². The van der Waals surface area contributed by atoms with E-state index in [9.17, 15) is 4.79 Å². The number of fused-ring (bicyclic) bond motifs is 1. The quantitative estimate of drug-likeness (QED) is 0.737. The second kappa shape index (κ2) is 6.33. The molecule has 3 nitrogen and oxygen atoms in total. The number of alkyl halides is 1. The number of aromatic nitrogens is 1. The van der Waals surface area contributed by atoms with Gasteiger partial charge in [-0.05, 0) is 31.0 Å². The number of aryl methyl sites for hydroxylation is 1. The molecule has 0 aliphatic rings. The van der Waals surface area contributed by atoms with Crippen LogP contribution in [0.25, 0.3) is 10.2 Å². The first-order valence-electron chi connectivity index (χ1n) is 6.03. The van der Waals surface area contributed by atoms with Crippen LogP contribution in [0, 0.1) is 6.92 Å². The van der Waals surface area contributed by atoms with Crippen molar-refractivity contribution in [2.45, 2.75) is 31.5 Å². The zero-order chi connectivity index (χ0) is 14.0. The molecule has 1 heterocycles. The van der Waals surface area contributed by atoms with Crippen molar-refractivity contribution in [2.24, 2.45) is 0 Å². The van der Waals surface area contributed by atoms with Crippen molar-refractivity contribution in [1.29, 1.82) is 0 Å². The Hall–Kier alpha value is -0.460. The van der Waals surface area contributed by atoms with E-state index >= 15 is 0 Å². The number of hydrogen-bond donors (Lipinski definition) is 1. The fourth-order valence-electron chi connectivity index (χ4n) is 1.78. The van der Waals surface area contributed by atoms with E-state index < -0.39 is 0 Å². The molecule has 2 aromatic rings. The van der Waals surface area contributed by atoms with Crippen molar-refractivity contribution in [3.8, 4) is 0 Å². The molecule has 0 aliphatic carbocycles. The van der Waals surface area contributed by atoms with Gasteiger partial charge in [0.25, 0.3) is 0 Å². The molecule has 1 amide bonds. The van der Waals surface area contributed by atoms with Gasteiger partial charge in [-0.3, -0.25) is 4.79 Å². The predicted molar refractivity (Wildman–Crippen MR) is 88.3 cm³/mol. The second-order valence-corrected chi connectivity index (χ2v) is 7.39. The lowest BCUT2D eigenvalue weighted by Gasteiger charge is -2.06. The first-order valence-corrected chi connectivity index (χ1v) is 8.55. The summed E-state index contributed by atoms with van der Waals surface area (Å²) in [6.07, 6.45) is 1.79. The molecule has 0 saturated heterocycles. The second-order valence-electron chi connectivity index (χ2n) is 4.33. The van der Waals surface area contributed by atoms with Gasteiger partial charge in [0.1, 0.15) is 0 Å². The van der Waals surface area contributed by atoms with E-state index in [4.69, 9.17) is 0 Å². The molecule has 1 unspecified atom stereocenters. The summed E-state index contributed by atoms with van der Waals surface area (Å²) in [5.74, 6) is -0.0300. The monoisotopic (exact) mass is 404 g/mol. The van der Waals surface area contributed by atoms with Gasteiger partial charge in [-0.1, -0.05) is 56.5 Å². The molecular weight excluding hydrogens is 392 g/mol. The lowest BCUT2D eigenvalue weighted by atomic mass is 10.2. The van der Waals surface area contributed by atoms with E-state index in [0.29, 0.717) is 5.13 Å². The third-order valence-corrected chi connectivity index (χ3v) is 4.96. The van der Waals surface area contributed by atoms with Crippen LogP contribution in [0.3, 0.4) is 0 Å². The molecule has 19 heavy (non-hydrogen) atoms. The van der Waals surface area contributed by atoms with Crippen molar-refractivity contribution in [2.75, 3.05) is 5.32 Å². The third kappa shape index (κ3) is 3.55. The maximum absolute atomic E-state index is 11.9. The Balaban J connectivity index is 2.22. The molecule has 1 atom stereocenters. The van der Waals surface area contributed by atoms with Crippen LogP contribution in [0.4, 0.5) is 5.13 Å². The molecule has 0 saturated carbocycles. The number of nitrogens with zero attached hydrogens (tertiary/aromatic N) is 1. The van der Waals surface area contributed by atoms with Crippen LogP contribution >= 0.6 is 43.2 Å². The fourth-order valence-corrected chi connectivity index (χ4v) is 4.06. The number of hydrogen-bond acceptors (Lipinski definition) is 3. The summed E-state index contributed by atoms with van der Waals surface area (Å²) >= 11 is 8.35. The van der Waals surface area contributed by atoms with Crippen LogP contribution in [0.1, 0.15) is 25.3 Å². The minimum Gasteiger partial charge on any atom is -0.301 e. The van der Waals surface area contributed by atoms with Gasteiger partial charge in [-0.25, -0.2) is 4.98 Å². The zero-order valence-corrected chi connectivity index (χ0v) is 14.7. The highest BCUT2D eigenvalue weighted by molar-refractivity contribution is 9.10. The van der Waals surface area contributed by atoms with Crippen LogP contribution in [0.2, 0.25) is 0 Å². The van der Waals surface area contributed by atoms with Gasteiger partial charge in [0.2, 0.25) is 5.91 Å². The highest BCUT2D eigenvalue weighted by Gasteiger charge is 2.16. The molecule has 2 rings (SSSR count). The van der Waals surface area contributed by atoms with Crippen molar-refractivity contribution < 1.29 is 4.79 Å². The van der Waals surface area contributed by atoms with Crippen molar-refractivity contribution >= 4 is 64.5 Å². The SMILES string of the molecule is CCCC(Br)C(=O)Nc1nc2c(C)cc(Br)cc2s1. The standard InChI is InChI=1S/C13H14Br2N2OS/c1-3-4-9(15)12(18)17-13-16-11-7(2)5-8(14)6-10(11)19-13/h5-6,9H,3-4H2,1-2H3,(H,16,17,18). The lowest BCUT2D eigenvalue weighted by molar-refractivity contribution is -0.115. The van der Waals surface area contributed by atoms with Crippen LogP contribution in [0.5, 0.6) is 0 Å². The summed E-state index contributed by atoms with van der Waals surface area (Å²) in [5.41, 5.74) is 2.05. The number of rotatable bonds is 4. The molecule has 1 aromatic heterocycles. The molecule has 0 spiro atoms. The Morgan fingerprint density at radius 2 is 2.26 bits per heavy atom. The minimum atomic E-state index is -0.155. The number of nitrogens with one attached hydrogen (secondary N) is 1. The number of carbonyl (C=O) groups excluding carboxylic acids is 1. The Labute approximate surface area is 133 Å². The van der Waals surface area contributed by atoms with Crippen molar-refractivity contribution in [3.05, 3.63) is 22.2 Å². The number of amides is 1. The summed E-state index contributed by atoms with van der Waals surface area (Å²) in [6.45, 7) is 4.07. The first-order chi connectivity index (χ1) is 9.01. The smallest absolute Gasteiger partial charge is 0.239 e. The van der Waals surface area contributed by atoms with Crippen LogP contribution in [-0.4, -0.2) is 15.7 Å². The largest absolute Gasteiger partial charge is 0.301 e. The average Bonchev–Trinajstić information content (AvgIpc) is 2.72. The van der Waals surface area contributed by atoms with Gasteiger partial charge in [-0.2, -0.15) is 0 Å². The zero-order valence-electron chi connectivity index (χ0n) is 10.7. The molecular formula is C13H14Br2N2OS. The number of benzene rings is 1. The Morgan fingerprint density at radius 1 is 1.53 bits per heavy atom. The first kappa shape index (κ1) is 14.9. The summed E-state index contributed by atoms with van der Waals surface area (Å²) in [6, 6.07) is 4.05. The Bertz CT molecular complexity index is 612. The Morgan fingerprint density at radius 3 is 2.95 bits per heavy atom. The van der Waals surface area contributed by atoms with E-state index in [1.54, 1.807) is 0 Å². The van der Waals surface area contributed by atoms with Crippen molar-refractivity contribution in [3.63, 3.8) is 0 Å². The molecule has 0 bridgehead atoms. The van der Waals surface area contributed by atoms with Gasteiger partial charge in [0, 0.05) is 4.47 Å². The maximum Gasteiger partial charge on any atom is 0.239 e. The Kier molecular flexibility index (Phi) is 4.97. The van der Waals surface area contributed by atoms with Crippen LogP contribution in [-0.2, 0) is 4.79 Å². The summed E-state index contributed by atoms with van der Waals surface area (Å²) in [7, 11) is 0. The number of thiazole rings is 1.